The molecule has 0 bridgehead atoms. The number of nitrogens with zero attached hydrogens (tertiary/aromatic N) is 2. The van der Waals surface area contributed by atoms with Crippen molar-refractivity contribution in [3.05, 3.63) is 65.0 Å². The lowest BCUT2D eigenvalue weighted by Gasteiger charge is -2.10. The van der Waals surface area contributed by atoms with Crippen LogP contribution in [-0.2, 0) is 11.3 Å². The fourth-order valence-corrected chi connectivity index (χ4v) is 2.93. The Hall–Kier alpha value is -2.60. The van der Waals surface area contributed by atoms with Crippen LogP contribution in [0, 0.1) is 0 Å². The van der Waals surface area contributed by atoms with E-state index in [0.717, 1.165) is 16.1 Å². The zero-order valence-corrected chi connectivity index (χ0v) is 14.0. The number of hydrogen-bond donors (Lipinski definition) is 1. The van der Waals surface area contributed by atoms with Gasteiger partial charge in [0.25, 0.3) is 0 Å². The Labute approximate surface area is 143 Å². The molecule has 24 heavy (non-hydrogen) atoms. The second kappa shape index (κ2) is 7.31. The number of aromatic nitrogens is 2. The van der Waals surface area contributed by atoms with Gasteiger partial charge >= 0.3 is 0 Å². The van der Waals surface area contributed by atoms with E-state index in [9.17, 15) is 9.59 Å². The van der Waals surface area contributed by atoms with Crippen molar-refractivity contribution in [3.63, 3.8) is 0 Å². The first-order chi connectivity index (χ1) is 11.7. The molecule has 0 aliphatic rings. The summed E-state index contributed by atoms with van der Waals surface area (Å²) in [6, 6.07) is 15.0. The second-order valence-electron chi connectivity index (χ2n) is 5.28. The van der Waals surface area contributed by atoms with Crippen LogP contribution >= 0.6 is 11.8 Å². The SMILES string of the molecule is CSc1cccc(NC(=O)CCn2ncc(=O)c3ccccc32)c1. The summed E-state index contributed by atoms with van der Waals surface area (Å²) in [5.41, 5.74) is 1.41. The number of hydrogen-bond acceptors (Lipinski definition) is 4. The monoisotopic (exact) mass is 339 g/mol. The molecular weight excluding hydrogens is 322 g/mol. The van der Waals surface area contributed by atoms with Crippen LogP contribution in [0.15, 0.2) is 64.4 Å². The third kappa shape index (κ3) is 3.65. The highest BCUT2D eigenvalue weighted by atomic mass is 32.2. The minimum absolute atomic E-state index is 0.0853. The van der Waals surface area contributed by atoms with Crippen molar-refractivity contribution in [2.24, 2.45) is 0 Å². The summed E-state index contributed by atoms with van der Waals surface area (Å²) in [5, 5.41) is 7.64. The van der Waals surface area contributed by atoms with E-state index in [1.165, 1.54) is 6.20 Å². The van der Waals surface area contributed by atoms with Crippen molar-refractivity contribution in [1.29, 1.82) is 0 Å². The van der Waals surface area contributed by atoms with Gasteiger partial charge in [-0.3, -0.25) is 14.3 Å². The normalized spacial score (nSPS) is 10.7. The molecule has 1 heterocycles. The third-order valence-corrected chi connectivity index (χ3v) is 4.39. The number of amides is 1. The van der Waals surface area contributed by atoms with Gasteiger partial charge in [0.05, 0.1) is 18.3 Å². The summed E-state index contributed by atoms with van der Waals surface area (Å²) in [5.74, 6) is -0.0853. The smallest absolute Gasteiger partial charge is 0.226 e. The van der Waals surface area contributed by atoms with Gasteiger partial charge in [-0.15, -0.1) is 11.8 Å². The standard InChI is InChI=1S/C18H17N3O2S/c1-24-14-6-4-5-13(11-14)20-18(23)9-10-21-16-8-3-2-7-15(16)17(22)12-19-21/h2-8,11-12H,9-10H2,1H3,(H,20,23). The summed E-state index contributed by atoms with van der Waals surface area (Å²) in [7, 11) is 0. The minimum atomic E-state index is -0.111. The highest BCUT2D eigenvalue weighted by Crippen LogP contribution is 2.19. The highest BCUT2D eigenvalue weighted by molar-refractivity contribution is 7.98. The summed E-state index contributed by atoms with van der Waals surface area (Å²) >= 11 is 1.63. The lowest BCUT2D eigenvalue weighted by Crippen LogP contribution is -2.18. The molecule has 0 fully saturated rings. The van der Waals surface area contributed by atoms with Gasteiger partial charge in [0.15, 0.2) is 0 Å². The molecule has 6 heteroatoms. The second-order valence-corrected chi connectivity index (χ2v) is 6.16. The molecule has 0 spiro atoms. The van der Waals surface area contributed by atoms with Crippen molar-refractivity contribution in [3.8, 4) is 0 Å². The third-order valence-electron chi connectivity index (χ3n) is 3.67. The topological polar surface area (TPSA) is 64.0 Å². The number of aryl methyl sites for hydroxylation is 1. The van der Waals surface area contributed by atoms with E-state index in [-0.39, 0.29) is 17.8 Å². The van der Waals surface area contributed by atoms with Crippen LogP contribution in [0.5, 0.6) is 0 Å². The fourth-order valence-electron chi connectivity index (χ4n) is 2.47. The van der Waals surface area contributed by atoms with Crippen LogP contribution < -0.4 is 10.7 Å². The molecule has 0 aliphatic heterocycles. The average Bonchev–Trinajstić information content (AvgIpc) is 2.61. The number of benzene rings is 2. The Morgan fingerprint density at radius 3 is 2.88 bits per heavy atom. The number of anilines is 1. The molecule has 0 radical (unpaired) electrons. The Bertz CT molecular complexity index is 937. The molecule has 0 saturated carbocycles. The number of nitrogens with one attached hydrogen (secondary N) is 1. The van der Waals surface area contributed by atoms with E-state index in [2.05, 4.69) is 10.4 Å². The molecule has 122 valence electrons. The van der Waals surface area contributed by atoms with E-state index >= 15 is 0 Å². The van der Waals surface area contributed by atoms with Crippen LogP contribution in [0.3, 0.4) is 0 Å². The van der Waals surface area contributed by atoms with Crippen molar-refractivity contribution < 1.29 is 4.79 Å². The van der Waals surface area contributed by atoms with Gasteiger partial charge < -0.3 is 5.32 Å². The summed E-state index contributed by atoms with van der Waals surface area (Å²) in [6.07, 6.45) is 3.57. The first-order valence-corrected chi connectivity index (χ1v) is 8.78. The Morgan fingerprint density at radius 1 is 1.21 bits per heavy atom. The Morgan fingerprint density at radius 2 is 2.04 bits per heavy atom. The molecule has 0 aliphatic carbocycles. The molecule has 3 aromatic rings. The lowest BCUT2D eigenvalue weighted by atomic mass is 10.2. The predicted molar refractivity (Wildman–Crippen MR) is 97.5 cm³/mol. The average molecular weight is 339 g/mol. The number of rotatable bonds is 5. The maximum Gasteiger partial charge on any atom is 0.226 e. The van der Waals surface area contributed by atoms with Crippen molar-refractivity contribution in [1.82, 2.24) is 9.78 Å². The summed E-state index contributed by atoms with van der Waals surface area (Å²) in [6.45, 7) is 0.412. The van der Waals surface area contributed by atoms with Crippen molar-refractivity contribution in [2.45, 2.75) is 17.9 Å². The number of fused-ring (bicyclic) bond motifs is 1. The Kier molecular flexibility index (Phi) is 4.96. The van der Waals surface area contributed by atoms with Crippen LogP contribution in [0.25, 0.3) is 10.9 Å². The van der Waals surface area contributed by atoms with Gasteiger partial charge in [0.2, 0.25) is 11.3 Å². The number of carbonyl (C=O) groups is 1. The van der Waals surface area contributed by atoms with Gasteiger partial charge in [0, 0.05) is 22.4 Å². The predicted octanol–water partition coefficient (Wildman–Crippen LogP) is 3.15. The highest BCUT2D eigenvalue weighted by Gasteiger charge is 2.07. The minimum Gasteiger partial charge on any atom is -0.326 e. The van der Waals surface area contributed by atoms with E-state index in [1.54, 1.807) is 22.5 Å². The molecule has 3 rings (SSSR count). The van der Waals surface area contributed by atoms with E-state index in [0.29, 0.717) is 11.9 Å². The Balaban J connectivity index is 1.70. The van der Waals surface area contributed by atoms with Crippen molar-refractivity contribution in [2.75, 3.05) is 11.6 Å². The van der Waals surface area contributed by atoms with Gasteiger partial charge in [0.1, 0.15) is 0 Å². The van der Waals surface area contributed by atoms with Gasteiger partial charge in [-0.25, -0.2) is 0 Å². The molecule has 1 amide bonds. The van der Waals surface area contributed by atoms with Crippen LogP contribution in [0.4, 0.5) is 5.69 Å². The van der Waals surface area contributed by atoms with E-state index in [4.69, 9.17) is 0 Å². The van der Waals surface area contributed by atoms with Gasteiger partial charge in [-0.1, -0.05) is 18.2 Å². The zero-order chi connectivity index (χ0) is 16.9. The quantitative estimate of drug-likeness (QED) is 0.725. The van der Waals surface area contributed by atoms with Gasteiger partial charge in [-0.05, 0) is 36.6 Å². The maximum absolute atomic E-state index is 12.2. The van der Waals surface area contributed by atoms with Crippen LogP contribution in [0.1, 0.15) is 6.42 Å². The molecule has 2 aromatic carbocycles. The van der Waals surface area contributed by atoms with Crippen LogP contribution in [-0.4, -0.2) is 21.9 Å². The molecule has 5 nitrogen and oxygen atoms in total. The molecule has 1 N–H and O–H groups in total. The first-order valence-electron chi connectivity index (χ1n) is 7.56. The number of thioether (sulfide) groups is 1. The lowest BCUT2D eigenvalue weighted by molar-refractivity contribution is -0.116. The summed E-state index contributed by atoms with van der Waals surface area (Å²) in [4.78, 5) is 25.1. The molecule has 0 unspecified atom stereocenters. The summed E-state index contributed by atoms with van der Waals surface area (Å²) < 4.78 is 1.69. The molecule has 0 atom stereocenters. The molecule has 0 saturated heterocycles. The van der Waals surface area contributed by atoms with E-state index in [1.807, 2.05) is 48.7 Å². The number of para-hydroxylation sites is 1. The molecule has 1 aromatic heterocycles. The zero-order valence-electron chi connectivity index (χ0n) is 13.2. The van der Waals surface area contributed by atoms with Crippen molar-refractivity contribution >= 4 is 34.3 Å². The van der Waals surface area contributed by atoms with E-state index < -0.39 is 0 Å². The fraction of sp³-hybridized carbons (Fsp3) is 0.167. The molecular formula is C18H17N3O2S. The maximum atomic E-state index is 12.2. The van der Waals surface area contributed by atoms with Gasteiger partial charge in [-0.2, -0.15) is 5.10 Å². The first kappa shape index (κ1) is 16.3. The largest absolute Gasteiger partial charge is 0.326 e. The van der Waals surface area contributed by atoms with Crippen LogP contribution in [0.2, 0.25) is 0 Å². The number of carbonyl (C=O) groups excluding carboxylic acids is 1.